The molecule has 6 nitrogen and oxygen atoms in total. The van der Waals surface area contributed by atoms with E-state index in [2.05, 4.69) is 32.4 Å². The first kappa shape index (κ1) is 42.2. The third-order valence-electron chi connectivity index (χ3n) is 10.3. The van der Waals surface area contributed by atoms with E-state index in [4.69, 9.17) is 13.9 Å². The molecule has 0 aliphatic rings. The number of aromatic nitrogens is 1. The number of hydrogen-bond acceptors (Lipinski definition) is 5. The largest absolute Gasteiger partial charge is 0.481 e. The Morgan fingerprint density at radius 2 is 1.24 bits per heavy atom. The van der Waals surface area contributed by atoms with Gasteiger partial charge in [-0.15, -0.1) is 0 Å². The molecule has 1 heterocycles. The number of pyridine rings is 1. The highest BCUT2D eigenvalue weighted by Crippen LogP contribution is 2.49. The number of aliphatic carboxylic acids is 1. The summed E-state index contributed by atoms with van der Waals surface area (Å²) in [6.45, 7) is 10.4. The van der Waals surface area contributed by atoms with Gasteiger partial charge in [0.1, 0.15) is 5.82 Å². The van der Waals surface area contributed by atoms with E-state index in [1.165, 1.54) is 19.2 Å². The van der Waals surface area contributed by atoms with Crippen molar-refractivity contribution < 1.29 is 27.8 Å². The third-order valence-corrected chi connectivity index (χ3v) is 17.3. The van der Waals surface area contributed by atoms with Crippen molar-refractivity contribution in [2.45, 2.75) is 58.1 Å². The molecule has 0 saturated heterocycles. The second kappa shape index (κ2) is 18.0. The normalized spacial score (nSPS) is 13.3. The van der Waals surface area contributed by atoms with Crippen molar-refractivity contribution in [2.24, 2.45) is 0 Å². The molecule has 6 rings (SSSR count). The van der Waals surface area contributed by atoms with Gasteiger partial charge in [-0.3, -0.25) is 14.3 Å². The second-order valence-electron chi connectivity index (χ2n) is 15.6. The summed E-state index contributed by atoms with van der Waals surface area (Å²) in [4.78, 5) is 17.9. The Morgan fingerprint density at radius 3 is 1.71 bits per heavy atom. The highest BCUT2D eigenvalue weighted by atomic mass is 31.2. The molecule has 2 atom stereocenters. The number of carboxylic acids is 1. The zero-order valence-electron chi connectivity index (χ0n) is 33.8. The molecule has 0 amide bonds. The third kappa shape index (κ3) is 9.15. The summed E-state index contributed by atoms with van der Waals surface area (Å²) in [5.41, 5.74) is 8.94. The van der Waals surface area contributed by atoms with E-state index in [1.54, 1.807) is 12.1 Å². The predicted octanol–water partition coefficient (Wildman–Crippen LogP) is 11.0. The summed E-state index contributed by atoms with van der Waals surface area (Å²) in [6, 6.07) is 45.8. The van der Waals surface area contributed by atoms with Gasteiger partial charge in [0.2, 0.25) is 0 Å². The number of benzene rings is 5. The number of carboxylic acid groups (broad SMARTS) is 1. The van der Waals surface area contributed by atoms with Gasteiger partial charge < -0.3 is 14.1 Å². The summed E-state index contributed by atoms with van der Waals surface area (Å²) < 4.78 is 42.6. The molecule has 0 fully saturated rings. The number of rotatable bonds is 13. The highest BCUT2D eigenvalue weighted by Gasteiger charge is 2.52. The summed E-state index contributed by atoms with van der Waals surface area (Å²) in [5.74, 6) is 1.69. The maximum Gasteiger partial charge on any atom is 0.305 e. The van der Waals surface area contributed by atoms with Gasteiger partial charge in [0, 0.05) is 23.8 Å². The Morgan fingerprint density at radius 1 is 0.759 bits per heavy atom. The second-order valence-corrected chi connectivity index (χ2v) is 22.2. The van der Waals surface area contributed by atoms with Crippen LogP contribution in [-0.2, 0) is 18.3 Å². The predicted molar refractivity (Wildman–Crippen MR) is 236 cm³/mol. The highest BCUT2D eigenvalue weighted by molar-refractivity contribution is 7.64. The molecule has 0 saturated carbocycles. The van der Waals surface area contributed by atoms with E-state index in [0.29, 0.717) is 22.4 Å². The smallest absolute Gasteiger partial charge is 0.305 e. The number of hydrogen-bond donors (Lipinski definition) is 1. The van der Waals surface area contributed by atoms with E-state index in [1.807, 2.05) is 135 Å². The van der Waals surface area contributed by atoms with E-state index < -0.39 is 39.2 Å². The zero-order chi connectivity index (χ0) is 41.5. The van der Waals surface area contributed by atoms with Crippen LogP contribution >= 0.6 is 7.37 Å². The van der Waals surface area contributed by atoms with Gasteiger partial charge in [-0.25, -0.2) is 4.39 Å². The standard InChI is InChI=1S/C49H49FNO5PSi/c1-35(2)47-43(45(37-27-29-39(50)30-28-37)46(36-19-11-7-12-20-36)48(51-47)38-21-13-8-14-22-38)31-32-57(54,55-6)34-40(33-44(52)53)56-58(49(3,4)5,41-23-15-9-16-24-41)42-25-17-10-18-26-42/h7-30,35,40H,33-34H2,1-6H3,(H,52,53)/t40-,57?/m0/s1. The van der Waals surface area contributed by atoms with Gasteiger partial charge in [-0.2, -0.15) is 0 Å². The molecule has 0 spiro atoms. The quantitative estimate of drug-likeness (QED) is 0.0710. The molecule has 58 heavy (non-hydrogen) atoms. The fourth-order valence-electron chi connectivity index (χ4n) is 7.60. The van der Waals surface area contributed by atoms with Gasteiger partial charge >= 0.3 is 5.97 Å². The fourth-order valence-corrected chi connectivity index (χ4v) is 13.8. The topological polar surface area (TPSA) is 85.7 Å². The molecule has 1 unspecified atom stereocenters. The summed E-state index contributed by atoms with van der Waals surface area (Å²) >= 11 is 0. The van der Waals surface area contributed by atoms with Crippen LogP contribution in [0.25, 0.3) is 33.5 Å². The van der Waals surface area contributed by atoms with Gasteiger partial charge in [0.15, 0.2) is 0 Å². The molecule has 0 aliphatic carbocycles. The summed E-state index contributed by atoms with van der Waals surface area (Å²) in [5, 5.41) is 11.7. The van der Waals surface area contributed by atoms with Crippen molar-refractivity contribution in [3.63, 3.8) is 0 Å². The maximum absolute atomic E-state index is 15.0. The first-order valence-corrected chi connectivity index (χ1v) is 23.1. The van der Waals surface area contributed by atoms with Crippen LogP contribution in [0.5, 0.6) is 0 Å². The Kier molecular flexibility index (Phi) is 13.1. The van der Waals surface area contributed by atoms with Crippen LogP contribution in [0.4, 0.5) is 4.39 Å². The van der Waals surface area contributed by atoms with Gasteiger partial charge in [0.05, 0.1) is 35.6 Å². The lowest BCUT2D eigenvalue weighted by Crippen LogP contribution is -2.68. The molecule has 9 heteroatoms. The lowest BCUT2D eigenvalue weighted by atomic mass is 9.85. The minimum Gasteiger partial charge on any atom is -0.481 e. The molecular weight excluding hydrogens is 761 g/mol. The monoisotopic (exact) mass is 809 g/mol. The molecule has 5 aromatic carbocycles. The SMILES string of the molecule is COP(=O)(C#Cc1c(C(C)C)nc(-c2ccccc2)c(-c2ccccc2)c1-c1ccc(F)cc1)C[C@H](CC(=O)O)O[Si](c1ccccc1)(c1ccccc1)C(C)(C)C. The van der Waals surface area contributed by atoms with Gasteiger partial charge in [-0.1, -0.05) is 174 Å². The van der Waals surface area contributed by atoms with Crippen molar-refractivity contribution in [2.75, 3.05) is 13.3 Å². The van der Waals surface area contributed by atoms with Crippen LogP contribution in [-0.4, -0.2) is 43.8 Å². The lowest BCUT2D eigenvalue weighted by molar-refractivity contribution is -0.138. The van der Waals surface area contributed by atoms with E-state index in [-0.39, 0.29) is 17.9 Å². The lowest BCUT2D eigenvalue weighted by Gasteiger charge is -2.45. The fraction of sp³-hybridized carbons (Fsp3) is 0.224. The van der Waals surface area contributed by atoms with Crippen LogP contribution in [0.2, 0.25) is 5.04 Å². The van der Waals surface area contributed by atoms with Crippen LogP contribution < -0.4 is 10.4 Å². The Balaban J connectivity index is 1.57. The molecule has 1 aromatic heterocycles. The molecule has 0 aliphatic heterocycles. The van der Waals surface area contributed by atoms with Crippen LogP contribution in [0, 0.1) is 17.4 Å². The van der Waals surface area contributed by atoms with Crippen LogP contribution in [0.15, 0.2) is 146 Å². The molecule has 6 aromatic rings. The molecule has 296 valence electrons. The average molecular weight is 810 g/mol. The van der Waals surface area contributed by atoms with Crippen LogP contribution in [0.3, 0.4) is 0 Å². The average Bonchev–Trinajstić information content (AvgIpc) is 3.22. The van der Waals surface area contributed by atoms with E-state index in [0.717, 1.165) is 32.8 Å². The molecule has 0 radical (unpaired) electrons. The van der Waals surface area contributed by atoms with E-state index in [9.17, 15) is 14.3 Å². The summed E-state index contributed by atoms with van der Waals surface area (Å²) in [6.07, 6.45) is -1.70. The van der Waals surface area contributed by atoms with Crippen molar-refractivity contribution in [3.05, 3.63) is 163 Å². The Hall–Kier alpha value is -5.42. The van der Waals surface area contributed by atoms with Crippen molar-refractivity contribution >= 4 is 32.0 Å². The first-order chi connectivity index (χ1) is 27.8. The minimum atomic E-state index is -3.94. The summed E-state index contributed by atoms with van der Waals surface area (Å²) in [7, 11) is -5.87. The van der Waals surface area contributed by atoms with Crippen molar-refractivity contribution in [1.82, 2.24) is 4.98 Å². The minimum absolute atomic E-state index is 0.129. The maximum atomic E-state index is 15.0. The number of nitrogens with zero attached hydrogens (tertiary/aromatic N) is 1. The van der Waals surface area contributed by atoms with E-state index >= 15 is 4.57 Å². The zero-order valence-corrected chi connectivity index (χ0v) is 35.7. The number of halogens is 1. The molecule has 1 N–H and O–H groups in total. The van der Waals surface area contributed by atoms with Crippen molar-refractivity contribution in [3.8, 4) is 45.1 Å². The number of carbonyl (C=O) groups is 1. The van der Waals surface area contributed by atoms with Gasteiger partial charge in [-0.05, 0) is 50.3 Å². The Labute approximate surface area is 342 Å². The molecular formula is C49H49FNO5PSi. The first-order valence-electron chi connectivity index (χ1n) is 19.4. The van der Waals surface area contributed by atoms with Crippen LogP contribution in [0.1, 0.15) is 58.2 Å². The molecule has 0 bridgehead atoms. The Bertz CT molecular complexity index is 2410. The van der Waals surface area contributed by atoms with Gasteiger partial charge in [0.25, 0.3) is 15.7 Å². The van der Waals surface area contributed by atoms with Crippen molar-refractivity contribution in [1.29, 1.82) is 0 Å².